The van der Waals surface area contributed by atoms with E-state index in [-0.39, 0.29) is 0 Å². The summed E-state index contributed by atoms with van der Waals surface area (Å²) in [6.45, 7) is 2.19. The molecule has 0 aliphatic rings. The van der Waals surface area contributed by atoms with Crippen LogP contribution < -0.4 is 5.32 Å². The highest BCUT2D eigenvalue weighted by Gasteiger charge is 2.08. The molecule has 0 aliphatic carbocycles. The van der Waals surface area contributed by atoms with Gasteiger partial charge in [-0.1, -0.05) is 31.5 Å². The molecule has 0 radical (unpaired) electrons. The van der Waals surface area contributed by atoms with Crippen molar-refractivity contribution in [1.82, 2.24) is 8.75 Å². The lowest BCUT2D eigenvalue weighted by molar-refractivity contribution is 0.922. The van der Waals surface area contributed by atoms with Gasteiger partial charge in [-0.25, -0.2) is 0 Å². The number of hydrogen-bond acceptors (Lipinski definition) is 4. The number of aromatic nitrogens is 2. The fourth-order valence-corrected chi connectivity index (χ4v) is 2.28. The van der Waals surface area contributed by atoms with Gasteiger partial charge in [-0.3, -0.25) is 0 Å². The van der Waals surface area contributed by atoms with Crippen molar-refractivity contribution < 1.29 is 0 Å². The van der Waals surface area contributed by atoms with Crippen molar-refractivity contribution in [2.45, 2.75) is 19.8 Å². The highest BCUT2D eigenvalue weighted by atomic mass is 32.1. The van der Waals surface area contributed by atoms with E-state index in [1.807, 2.05) is 7.05 Å². The summed E-state index contributed by atoms with van der Waals surface area (Å²) in [5.74, 6) is 0.860. The highest BCUT2D eigenvalue weighted by molar-refractivity contribution is 6.99. The van der Waals surface area contributed by atoms with Gasteiger partial charge in [-0.05, 0) is 18.1 Å². The van der Waals surface area contributed by atoms with Gasteiger partial charge in [0.2, 0.25) is 0 Å². The fourth-order valence-electron chi connectivity index (χ4n) is 1.70. The zero-order valence-corrected chi connectivity index (χ0v) is 10.3. The molecule has 0 atom stereocenters. The maximum atomic E-state index is 4.33. The molecule has 0 aliphatic heterocycles. The SMILES string of the molecule is CCCc1cccc(-c2nsnc2NC)c1. The minimum absolute atomic E-state index is 0.860. The first-order valence-electron chi connectivity index (χ1n) is 5.44. The van der Waals surface area contributed by atoms with Crippen LogP contribution >= 0.6 is 11.7 Å². The molecule has 0 saturated carbocycles. The normalized spacial score (nSPS) is 10.4. The summed E-state index contributed by atoms with van der Waals surface area (Å²) >= 11 is 1.24. The third kappa shape index (κ3) is 2.22. The Kier molecular flexibility index (Phi) is 3.51. The molecule has 0 amide bonds. The Hall–Kier alpha value is -1.42. The summed E-state index contributed by atoms with van der Waals surface area (Å²) in [5, 5.41) is 3.06. The van der Waals surface area contributed by atoms with Gasteiger partial charge >= 0.3 is 0 Å². The van der Waals surface area contributed by atoms with E-state index in [0.29, 0.717) is 0 Å². The van der Waals surface area contributed by atoms with Crippen LogP contribution in [0.1, 0.15) is 18.9 Å². The van der Waals surface area contributed by atoms with Crippen LogP contribution in [0.2, 0.25) is 0 Å². The Bertz CT molecular complexity index is 465. The van der Waals surface area contributed by atoms with E-state index in [9.17, 15) is 0 Å². The van der Waals surface area contributed by atoms with Crippen molar-refractivity contribution in [2.24, 2.45) is 0 Å². The Labute approximate surface area is 99.9 Å². The number of nitrogens with one attached hydrogen (secondary N) is 1. The van der Waals surface area contributed by atoms with Gasteiger partial charge in [0.05, 0.1) is 11.7 Å². The van der Waals surface area contributed by atoms with E-state index in [0.717, 1.165) is 29.9 Å². The van der Waals surface area contributed by atoms with Gasteiger partial charge in [0, 0.05) is 12.6 Å². The molecule has 2 rings (SSSR count). The lowest BCUT2D eigenvalue weighted by atomic mass is 10.0. The summed E-state index contributed by atoms with van der Waals surface area (Å²) in [6.07, 6.45) is 2.28. The van der Waals surface area contributed by atoms with Crippen molar-refractivity contribution in [1.29, 1.82) is 0 Å². The third-order valence-electron chi connectivity index (χ3n) is 2.46. The van der Waals surface area contributed by atoms with Crippen molar-refractivity contribution >= 4 is 17.5 Å². The molecular weight excluding hydrogens is 218 g/mol. The second-order valence-corrected chi connectivity index (χ2v) is 4.19. The first-order chi connectivity index (χ1) is 7.85. The van der Waals surface area contributed by atoms with Crippen LogP contribution in [0.25, 0.3) is 11.3 Å². The minimum Gasteiger partial charge on any atom is -0.370 e. The van der Waals surface area contributed by atoms with E-state index in [1.165, 1.54) is 17.3 Å². The lowest BCUT2D eigenvalue weighted by Crippen LogP contribution is -1.91. The van der Waals surface area contributed by atoms with E-state index >= 15 is 0 Å². The van der Waals surface area contributed by atoms with Gasteiger partial charge in [0.1, 0.15) is 5.69 Å². The molecule has 0 fully saturated rings. The maximum absolute atomic E-state index is 4.33. The van der Waals surface area contributed by atoms with Gasteiger partial charge in [0.25, 0.3) is 0 Å². The predicted molar refractivity (Wildman–Crippen MR) is 68.9 cm³/mol. The van der Waals surface area contributed by atoms with E-state index in [4.69, 9.17) is 0 Å². The van der Waals surface area contributed by atoms with Crippen molar-refractivity contribution in [3.63, 3.8) is 0 Å². The maximum Gasteiger partial charge on any atom is 0.167 e. The number of aryl methyl sites for hydroxylation is 1. The summed E-state index contributed by atoms with van der Waals surface area (Å²) in [4.78, 5) is 0. The molecule has 4 heteroatoms. The second-order valence-electron chi connectivity index (χ2n) is 3.66. The van der Waals surface area contributed by atoms with Crippen LogP contribution in [0.5, 0.6) is 0 Å². The van der Waals surface area contributed by atoms with Crippen LogP contribution in [0.3, 0.4) is 0 Å². The monoisotopic (exact) mass is 233 g/mol. The van der Waals surface area contributed by atoms with Crippen LogP contribution in [0, 0.1) is 0 Å². The topological polar surface area (TPSA) is 37.8 Å². The number of nitrogens with zero attached hydrogens (tertiary/aromatic N) is 2. The summed E-state index contributed by atoms with van der Waals surface area (Å²) in [6, 6.07) is 8.52. The number of rotatable bonds is 4. The molecule has 1 aromatic heterocycles. The third-order valence-corrected chi connectivity index (χ3v) is 2.99. The largest absolute Gasteiger partial charge is 0.370 e. The number of benzene rings is 1. The molecule has 0 spiro atoms. The van der Waals surface area contributed by atoms with E-state index in [2.05, 4.69) is 45.3 Å². The van der Waals surface area contributed by atoms with Crippen LogP contribution in [-0.4, -0.2) is 15.8 Å². The molecular formula is C12H15N3S. The Morgan fingerprint density at radius 1 is 1.31 bits per heavy atom. The highest BCUT2D eigenvalue weighted by Crippen LogP contribution is 2.26. The second kappa shape index (κ2) is 5.07. The van der Waals surface area contributed by atoms with Crippen molar-refractivity contribution in [3.8, 4) is 11.3 Å². The van der Waals surface area contributed by atoms with Crippen molar-refractivity contribution in [3.05, 3.63) is 29.8 Å². The van der Waals surface area contributed by atoms with E-state index < -0.39 is 0 Å². The molecule has 0 saturated heterocycles. The number of anilines is 1. The smallest absolute Gasteiger partial charge is 0.167 e. The predicted octanol–water partition coefficient (Wildman–Crippen LogP) is 3.20. The quantitative estimate of drug-likeness (QED) is 0.881. The van der Waals surface area contributed by atoms with Crippen LogP contribution in [-0.2, 0) is 6.42 Å². The summed E-state index contributed by atoms with van der Waals surface area (Å²) in [7, 11) is 1.87. The standard InChI is InChI=1S/C12H15N3S/c1-3-5-9-6-4-7-10(8-9)11-12(13-2)15-16-14-11/h4,6-8H,3,5H2,1-2H3,(H,13,15). The molecule has 0 bridgehead atoms. The zero-order valence-electron chi connectivity index (χ0n) is 9.53. The average molecular weight is 233 g/mol. The van der Waals surface area contributed by atoms with Gasteiger partial charge in [0.15, 0.2) is 5.82 Å². The van der Waals surface area contributed by atoms with Crippen molar-refractivity contribution in [2.75, 3.05) is 12.4 Å². The first kappa shape index (κ1) is 11.1. The minimum atomic E-state index is 0.860. The molecule has 1 heterocycles. The lowest BCUT2D eigenvalue weighted by Gasteiger charge is -2.03. The molecule has 1 N–H and O–H groups in total. The molecule has 16 heavy (non-hydrogen) atoms. The van der Waals surface area contributed by atoms with Crippen LogP contribution in [0.4, 0.5) is 5.82 Å². The van der Waals surface area contributed by atoms with Crippen LogP contribution in [0.15, 0.2) is 24.3 Å². The van der Waals surface area contributed by atoms with Gasteiger partial charge < -0.3 is 5.32 Å². The average Bonchev–Trinajstić information content (AvgIpc) is 2.78. The van der Waals surface area contributed by atoms with E-state index in [1.54, 1.807) is 0 Å². The first-order valence-corrected chi connectivity index (χ1v) is 6.17. The fraction of sp³-hybridized carbons (Fsp3) is 0.333. The molecule has 2 aromatic rings. The molecule has 1 aromatic carbocycles. The Balaban J connectivity index is 2.36. The Morgan fingerprint density at radius 3 is 2.94 bits per heavy atom. The molecule has 0 unspecified atom stereocenters. The number of hydrogen-bond donors (Lipinski definition) is 1. The van der Waals surface area contributed by atoms with Gasteiger partial charge in [-0.15, -0.1) is 0 Å². The molecule has 84 valence electrons. The Morgan fingerprint density at radius 2 is 2.19 bits per heavy atom. The summed E-state index contributed by atoms with van der Waals surface area (Å²) < 4.78 is 8.53. The summed E-state index contributed by atoms with van der Waals surface area (Å²) in [5.41, 5.74) is 3.45. The van der Waals surface area contributed by atoms with Gasteiger partial charge in [-0.2, -0.15) is 8.75 Å². The zero-order chi connectivity index (χ0) is 11.4. The molecule has 3 nitrogen and oxygen atoms in total.